The quantitative estimate of drug-likeness (QED) is 0.781. The molecule has 0 atom stereocenters. The summed E-state index contributed by atoms with van der Waals surface area (Å²) < 4.78 is 49.7. The zero-order valence-corrected chi connectivity index (χ0v) is 16.0. The number of amides is 1. The highest BCUT2D eigenvalue weighted by Gasteiger charge is 2.42. The molecule has 0 bridgehead atoms. The summed E-state index contributed by atoms with van der Waals surface area (Å²) in [6, 6.07) is 0. The maximum atomic E-state index is 13.2. The Labute approximate surface area is 160 Å². The average Bonchev–Trinajstić information content (AvgIpc) is 2.88. The molecule has 0 fully saturated rings. The Balaban J connectivity index is 1.93. The number of carbonyl (C=O) groups excluding carboxylic acids is 1. The second-order valence-electron chi connectivity index (χ2n) is 7.83. The fourth-order valence-corrected chi connectivity index (χ4v) is 3.20. The van der Waals surface area contributed by atoms with E-state index in [0.717, 1.165) is 0 Å². The van der Waals surface area contributed by atoms with Crippen LogP contribution in [-0.2, 0) is 17.3 Å². The molecule has 1 amide bonds. The number of ether oxygens (including phenoxy) is 1. The zero-order chi connectivity index (χ0) is 20.7. The van der Waals surface area contributed by atoms with E-state index in [0.29, 0.717) is 37.2 Å². The van der Waals surface area contributed by atoms with Crippen molar-refractivity contribution in [2.75, 3.05) is 19.6 Å². The van der Waals surface area contributed by atoms with Gasteiger partial charge in [0.05, 0.1) is 12.3 Å². The average molecular weight is 400 g/mol. The van der Waals surface area contributed by atoms with Crippen molar-refractivity contribution < 1.29 is 27.2 Å². The van der Waals surface area contributed by atoms with Gasteiger partial charge in [0.25, 0.3) is 0 Å². The van der Waals surface area contributed by atoms with Crippen LogP contribution in [0.1, 0.15) is 50.6 Å². The van der Waals surface area contributed by atoms with Gasteiger partial charge in [-0.05, 0) is 33.6 Å². The topological polar surface area (TPSA) is 94.0 Å². The first-order valence-corrected chi connectivity index (χ1v) is 9.03. The second kappa shape index (κ2) is 7.14. The predicted molar refractivity (Wildman–Crippen MR) is 94.9 cm³/mol. The van der Waals surface area contributed by atoms with Crippen LogP contribution in [0.15, 0.2) is 20.8 Å². The van der Waals surface area contributed by atoms with E-state index in [1.807, 2.05) is 0 Å². The molecular weight excluding hydrogens is 377 g/mol. The molecule has 1 aromatic heterocycles. The summed E-state index contributed by atoms with van der Waals surface area (Å²) in [5.41, 5.74) is 6.74. The molecule has 0 radical (unpaired) electrons. The summed E-state index contributed by atoms with van der Waals surface area (Å²) in [5, 5.41) is 3.65. The molecule has 1 aromatic rings. The van der Waals surface area contributed by atoms with Gasteiger partial charge in [-0.15, -0.1) is 0 Å². The fraction of sp³-hybridized carbons (Fsp3) is 0.611. The molecule has 2 aliphatic rings. The summed E-state index contributed by atoms with van der Waals surface area (Å²) in [5.74, 6) is -1.10. The molecule has 154 valence electrons. The van der Waals surface area contributed by atoms with Crippen molar-refractivity contribution in [2.45, 2.75) is 51.8 Å². The van der Waals surface area contributed by atoms with Gasteiger partial charge >= 0.3 is 12.3 Å². The van der Waals surface area contributed by atoms with Gasteiger partial charge in [0.15, 0.2) is 0 Å². The molecule has 10 heteroatoms. The second-order valence-corrected chi connectivity index (χ2v) is 7.83. The molecule has 28 heavy (non-hydrogen) atoms. The first-order valence-electron chi connectivity index (χ1n) is 9.03. The molecule has 0 aromatic carbocycles. The summed E-state index contributed by atoms with van der Waals surface area (Å²) in [6.07, 6.45) is -4.19. The van der Waals surface area contributed by atoms with Crippen LogP contribution in [0.2, 0.25) is 0 Å². The highest BCUT2D eigenvalue weighted by atomic mass is 19.4. The molecule has 0 spiro atoms. The first kappa shape index (κ1) is 20.2. The number of alkyl halides is 3. The maximum Gasteiger partial charge on any atom is 0.452 e. The van der Waals surface area contributed by atoms with Gasteiger partial charge in [-0.25, -0.2) is 4.79 Å². The molecule has 0 saturated heterocycles. The smallest absolute Gasteiger partial charge is 0.444 e. The van der Waals surface area contributed by atoms with E-state index in [-0.39, 0.29) is 29.9 Å². The third-order valence-electron chi connectivity index (χ3n) is 4.45. The van der Waals surface area contributed by atoms with Gasteiger partial charge in [0, 0.05) is 36.3 Å². The Morgan fingerprint density at radius 3 is 2.61 bits per heavy atom. The van der Waals surface area contributed by atoms with Gasteiger partial charge in [0.1, 0.15) is 11.3 Å². The molecule has 3 heterocycles. The Bertz CT molecular complexity index is 834. The van der Waals surface area contributed by atoms with Crippen molar-refractivity contribution >= 4 is 11.8 Å². The highest BCUT2D eigenvalue weighted by molar-refractivity contribution is 6.13. The minimum absolute atomic E-state index is 0.0153. The van der Waals surface area contributed by atoms with Crippen LogP contribution in [-0.4, -0.2) is 47.1 Å². The molecular formula is C18H23F3N4O3. The summed E-state index contributed by atoms with van der Waals surface area (Å²) in [4.78, 5) is 18.3. The summed E-state index contributed by atoms with van der Waals surface area (Å²) >= 11 is 0. The number of hydrogen-bond acceptors (Lipinski definition) is 6. The Morgan fingerprint density at radius 2 is 1.96 bits per heavy atom. The number of carbonyl (C=O) groups is 1. The third kappa shape index (κ3) is 4.15. The lowest BCUT2D eigenvalue weighted by Gasteiger charge is -2.32. The van der Waals surface area contributed by atoms with Crippen LogP contribution in [0.4, 0.5) is 18.0 Å². The number of hydrogen-bond donors (Lipinski definition) is 1. The predicted octanol–water partition coefficient (Wildman–Crippen LogP) is 3.28. The SMILES string of the molecule is CC(C)(C)OC(=O)N1CCC(N)=C(C2=NCCCc3c2noc3C(F)(F)F)C1. The van der Waals surface area contributed by atoms with Crippen molar-refractivity contribution in [1.29, 1.82) is 0 Å². The van der Waals surface area contributed by atoms with Gasteiger partial charge in [-0.1, -0.05) is 5.16 Å². The van der Waals surface area contributed by atoms with Crippen LogP contribution in [0.25, 0.3) is 0 Å². The number of aromatic nitrogens is 1. The summed E-state index contributed by atoms with van der Waals surface area (Å²) in [6.45, 7) is 6.07. The molecule has 0 aliphatic carbocycles. The van der Waals surface area contributed by atoms with Crippen LogP contribution >= 0.6 is 0 Å². The maximum absolute atomic E-state index is 13.2. The lowest BCUT2D eigenvalue weighted by molar-refractivity contribution is -0.156. The van der Waals surface area contributed by atoms with E-state index in [2.05, 4.69) is 14.7 Å². The third-order valence-corrected chi connectivity index (χ3v) is 4.45. The minimum atomic E-state index is -4.63. The van der Waals surface area contributed by atoms with Crippen LogP contribution in [0.5, 0.6) is 0 Å². The number of rotatable bonds is 1. The number of halogens is 3. The summed E-state index contributed by atoms with van der Waals surface area (Å²) in [7, 11) is 0. The Hall–Kier alpha value is -2.52. The highest BCUT2D eigenvalue weighted by Crippen LogP contribution is 2.36. The molecule has 0 saturated carbocycles. The van der Waals surface area contributed by atoms with Crippen molar-refractivity contribution in [3.8, 4) is 0 Å². The number of nitrogens with two attached hydrogens (primary N) is 1. The lowest BCUT2D eigenvalue weighted by Crippen LogP contribution is -2.43. The van der Waals surface area contributed by atoms with Gasteiger partial charge in [-0.2, -0.15) is 13.2 Å². The van der Waals surface area contributed by atoms with Gasteiger partial charge in [0.2, 0.25) is 5.76 Å². The molecule has 2 aliphatic heterocycles. The van der Waals surface area contributed by atoms with Crippen molar-refractivity contribution in [1.82, 2.24) is 10.1 Å². The van der Waals surface area contributed by atoms with Crippen LogP contribution in [0.3, 0.4) is 0 Å². The van der Waals surface area contributed by atoms with E-state index in [1.54, 1.807) is 20.8 Å². The monoisotopic (exact) mass is 400 g/mol. The molecule has 3 rings (SSSR count). The van der Waals surface area contributed by atoms with Crippen LogP contribution in [0, 0.1) is 0 Å². The van der Waals surface area contributed by atoms with Crippen molar-refractivity contribution in [2.24, 2.45) is 10.7 Å². The lowest BCUT2D eigenvalue weighted by atomic mass is 9.96. The van der Waals surface area contributed by atoms with E-state index in [9.17, 15) is 18.0 Å². The fourth-order valence-electron chi connectivity index (χ4n) is 3.20. The molecule has 0 unspecified atom stereocenters. The number of fused-ring (bicyclic) bond motifs is 1. The Kier molecular flexibility index (Phi) is 5.16. The standard InChI is InChI=1S/C18H23F3N4O3/c1-17(2,3)27-16(26)25-8-6-12(22)11(9-25)13-14-10(5-4-7-23-13)15(28-24-14)18(19,20)21/h4-9,22H2,1-3H3. The number of aliphatic imine (C=N–C) groups is 1. The van der Waals surface area contributed by atoms with Crippen LogP contribution < -0.4 is 5.73 Å². The van der Waals surface area contributed by atoms with Crippen molar-refractivity contribution in [3.63, 3.8) is 0 Å². The minimum Gasteiger partial charge on any atom is -0.444 e. The zero-order valence-electron chi connectivity index (χ0n) is 16.0. The normalized spacial score (nSPS) is 18.5. The Morgan fingerprint density at radius 1 is 1.25 bits per heavy atom. The first-order chi connectivity index (χ1) is 13.0. The molecule has 7 nitrogen and oxygen atoms in total. The molecule has 2 N–H and O–H groups in total. The number of nitrogens with zero attached hydrogens (tertiary/aromatic N) is 3. The van der Waals surface area contributed by atoms with E-state index in [4.69, 9.17) is 10.5 Å². The van der Waals surface area contributed by atoms with Gasteiger partial charge in [-0.3, -0.25) is 4.99 Å². The largest absolute Gasteiger partial charge is 0.452 e. The van der Waals surface area contributed by atoms with Crippen molar-refractivity contribution in [3.05, 3.63) is 28.3 Å². The van der Waals surface area contributed by atoms with E-state index >= 15 is 0 Å². The van der Waals surface area contributed by atoms with E-state index in [1.165, 1.54) is 4.90 Å². The van der Waals surface area contributed by atoms with Gasteiger partial charge < -0.3 is 19.9 Å². The van der Waals surface area contributed by atoms with E-state index < -0.39 is 23.6 Å².